The van der Waals surface area contributed by atoms with E-state index in [2.05, 4.69) is 36.3 Å². The van der Waals surface area contributed by atoms with E-state index in [1.54, 1.807) is 26.0 Å². The van der Waals surface area contributed by atoms with Crippen molar-refractivity contribution in [1.82, 2.24) is 45.5 Å². The van der Waals surface area contributed by atoms with E-state index in [4.69, 9.17) is 31.1 Å². The Morgan fingerprint density at radius 1 is 0.632 bits per heavy atom. The van der Waals surface area contributed by atoms with Gasteiger partial charge in [-0.05, 0) is 101 Å². The summed E-state index contributed by atoms with van der Waals surface area (Å²) in [5.74, 6) is 4.27. The smallest absolute Gasteiger partial charge is 0.222 e. The third-order valence-electron chi connectivity index (χ3n) is 11.7. The monoisotopic (exact) mass is 955 g/mol. The van der Waals surface area contributed by atoms with Gasteiger partial charge in [-0.15, -0.1) is 32.2 Å². The van der Waals surface area contributed by atoms with Gasteiger partial charge in [-0.25, -0.2) is 0 Å². The van der Waals surface area contributed by atoms with E-state index in [1.807, 2.05) is 115 Å². The van der Waals surface area contributed by atoms with E-state index in [0.29, 0.717) is 77.3 Å². The molecule has 4 heterocycles. The minimum absolute atomic E-state index is 0.00755. The Morgan fingerprint density at radius 2 is 1.12 bits per heavy atom. The van der Waals surface area contributed by atoms with Crippen molar-refractivity contribution >= 4 is 52.5 Å². The Balaban J connectivity index is 0.803. The SMILES string of the molecule is CCNC(=O)C[C@@H]1N=C(c2ccc(SCCC(=O)NCCCCCNC(=O)C[C@@H]3N=C(c4ccc(Cl)cc4)c4cc(OC)ccc4-n4c(C)nnc43)cc2)c2cc(OC)ccc2-n2c(C)nnc21. The molecule has 68 heavy (non-hydrogen) atoms. The second-order valence-electron chi connectivity index (χ2n) is 16.4. The first kappa shape index (κ1) is 47.6. The second kappa shape index (κ2) is 21.8. The molecule has 0 aliphatic carbocycles. The first-order valence-corrected chi connectivity index (χ1v) is 24.1. The number of fused-ring (bicyclic) bond motifs is 6. The first-order valence-electron chi connectivity index (χ1n) is 22.7. The minimum Gasteiger partial charge on any atom is -0.497 e. The average molecular weight is 957 g/mol. The number of nitrogens with one attached hydrogen (secondary N) is 3. The third-order valence-corrected chi connectivity index (χ3v) is 13.0. The summed E-state index contributed by atoms with van der Waals surface area (Å²) < 4.78 is 15.1. The molecule has 8 rings (SSSR count). The third kappa shape index (κ3) is 10.8. The van der Waals surface area contributed by atoms with Gasteiger partial charge in [0.25, 0.3) is 0 Å². The number of unbranched alkanes of at least 4 members (excludes halogenated alkanes) is 2. The van der Waals surface area contributed by atoms with Crippen LogP contribution in [0, 0.1) is 13.8 Å². The molecule has 16 nitrogen and oxygen atoms in total. The molecule has 4 aromatic carbocycles. The number of methoxy groups -OCH3 is 2. The summed E-state index contributed by atoms with van der Waals surface area (Å²) in [6.07, 6.45) is 2.98. The number of nitrogens with zero attached hydrogens (tertiary/aromatic N) is 8. The van der Waals surface area contributed by atoms with Crippen LogP contribution in [0.3, 0.4) is 0 Å². The Hall–Kier alpha value is -6.85. The molecular weight excluding hydrogens is 902 g/mol. The quantitative estimate of drug-likeness (QED) is 0.0544. The largest absolute Gasteiger partial charge is 0.497 e. The molecule has 18 heteroatoms. The van der Waals surface area contributed by atoms with Crippen LogP contribution in [0.15, 0.2) is 99.8 Å². The highest BCUT2D eigenvalue weighted by atomic mass is 35.5. The number of hydrogen-bond donors (Lipinski definition) is 3. The van der Waals surface area contributed by atoms with Gasteiger partial charge in [-0.3, -0.25) is 33.5 Å². The summed E-state index contributed by atoms with van der Waals surface area (Å²) in [5, 5.41) is 27.2. The molecule has 0 radical (unpaired) electrons. The lowest BCUT2D eigenvalue weighted by atomic mass is 10.00. The van der Waals surface area contributed by atoms with Crippen LogP contribution in [0.5, 0.6) is 11.5 Å². The van der Waals surface area contributed by atoms with Crippen LogP contribution in [0.4, 0.5) is 0 Å². The fraction of sp³-hybridized carbons (Fsp3) is 0.340. The number of rotatable bonds is 19. The van der Waals surface area contributed by atoms with Gasteiger partial charge in [0.2, 0.25) is 17.7 Å². The van der Waals surface area contributed by atoms with Crippen LogP contribution in [-0.2, 0) is 14.4 Å². The average Bonchev–Trinajstić information content (AvgIpc) is 3.85. The number of aliphatic imine (C=N–C) groups is 2. The topological polar surface area (TPSA) is 192 Å². The van der Waals surface area contributed by atoms with E-state index in [1.165, 1.54) is 0 Å². The highest BCUT2D eigenvalue weighted by Gasteiger charge is 2.32. The van der Waals surface area contributed by atoms with E-state index in [-0.39, 0.29) is 30.6 Å². The number of carbonyl (C=O) groups excluding carboxylic acids is 3. The van der Waals surface area contributed by atoms with Crippen LogP contribution < -0.4 is 25.4 Å². The molecular formula is C50H54ClN11O5S. The lowest BCUT2D eigenvalue weighted by molar-refractivity contribution is -0.122. The number of halogens is 1. The van der Waals surface area contributed by atoms with Gasteiger partial charge in [0.15, 0.2) is 11.6 Å². The predicted octanol–water partition coefficient (Wildman–Crippen LogP) is 7.42. The number of aryl methyl sites for hydroxylation is 2. The van der Waals surface area contributed by atoms with Crippen molar-refractivity contribution in [1.29, 1.82) is 0 Å². The van der Waals surface area contributed by atoms with Crippen LogP contribution in [0.25, 0.3) is 11.4 Å². The summed E-state index contributed by atoms with van der Waals surface area (Å²) in [4.78, 5) is 50.3. The molecule has 2 atom stereocenters. The van der Waals surface area contributed by atoms with Crippen molar-refractivity contribution in [3.05, 3.63) is 136 Å². The Labute approximate surface area is 404 Å². The predicted molar refractivity (Wildman–Crippen MR) is 263 cm³/mol. The number of aromatic nitrogens is 6. The van der Waals surface area contributed by atoms with Crippen LogP contribution in [0.1, 0.15) is 103 Å². The molecule has 0 unspecified atom stereocenters. The molecule has 0 fully saturated rings. The normalized spacial score (nSPS) is 14.7. The zero-order valence-corrected chi connectivity index (χ0v) is 40.3. The van der Waals surface area contributed by atoms with Gasteiger partial charge in [0.1, 0.15) is 35.2 Å². The molecule has 0 spiro atoms. The van der Waals surface area contributed by atoms with E-state index < -0.39 is 12.1 Å². The van der Waals surface area contributed by atoms with Crippen molar-refractivity contribution in [3.8, 4) is 22.9 Å². The van der Waals surface area contributed by atoms with Crippen molar-refractivity contribution in [2.24, 2.45) is 9.98 Å². The van der Waals surface area contributed by atoms with Gasteiger partial charge in [-0.1, -0.05) is 35.9 Å². The number of carbonyl (C=O) groups is 3. The standard InChI is InChI=1S/C50H54ClN11O5S/c1-6-52-45(64)28-40-49-59-57-30(2)61(49)43-21-17-36(67-5)27-39(43)48(55-40)33-12-18-37(19-13-33)68-25-22-44(63)53-23-8-7-9-24-54-46(65)29-41-50-60-58-31(3)62(50)42-20-16-35(66-4)26-38(42)47(56-41)32-10-14-34(51)15-11-32/h10-21,26-27,40-41H,6-9,22-25,28-29H2,1-5H3,(H,52,64)(H,53,63)(H,54,65)/t40-,41-/m0/s1. The molecule has 0 saturated carbocycles. The van der Waals surface area contributed by atoms with Crippen molar-refractivity contribution in [3.63, 3.8) is 0 Å². The number of benzene rings is 4. The summed E-state index contributed by atoms with van der Waals surface area (Å²) >= 11 is 7.85. The summed E-state index contributed by atoms with van der Waals surface area (Å²) in [6.45, 7) is 7.23. The minimum atomic E-state index is -0.590. The Bertz CT molecular complexity index is 2860. The van der Waals surface area contributed by atoms with E-state index >= 15 is 0 Å². The second-order valence-corrected chi connectivity index (χ2v) is 18.0. The van der Waals surface area contributed by atoms with E-state index in [0.717, 1.165) is 63.5 Å². The molecule has 0 bridgehead atoms. The molecule has 2 aromatic heterocycles. The van der Waals surface area contributed by atoms with Crippen LogP contribution in [0.2, 0.25) is 5.02 Å². The zero-order chi connectivity index (χ0) is 47.7. The molecule has 352 valence electrons. The molecule has 0 saturated heterocycles. The number of amides is 3. The highest BCUT2D eigenvalue weighted by Crippen LogP contribution is 2.36. The van der Waals surface area contributed by atoms with E-state index in [9.17, 15) is 14.4 Å². The summed E-state index contributed by atoms with van der Waals surface area (Å²) in [6, 6.07) is 26.0. The fourth-order valence-electron chi connectivity index (χ4n) is 8.38. The maximum atomic E-state index is 13.4. The molecule has 6 aromatic rings. The fourth-order valence-corrected chi connectivity index (χ4v) is 9.36. The molecule has 2 aliphatic heterocycles. The van der Waals surface area contributed by atoms with Gasteiger partial charge < -0.3 is 25.4 Å². The highest BCUT2D eigenvalue weighted by molar-refractivity contribution is 7.99. The molecule has 3 amide bonds. The van der Waals surface area contributed by atoms with Crippen molar-refractivity contribution in [2.45, 2.75) is 76.3 Å². The van der Waals surface area contributed by atoms with Crippen molar-refractivity contribution < 1.29 is 23.9 Å². The molecule has 2 aliphatic rings. The van der Waals surface area contributed by atoms with Crippen LogP contribution in [-0.4, -0.2) is 98.3 Å². The van der Waals surface area contributed by atoms with Crippen molar-refractivity contribution in [2.75, 3.05) is 39.6 Å². The molecule has 3 N–H and O–H groups in total. The first-order chi connectivity index (χ1) is 33.0. The lowest BCUT2D eigenvalue weighted by Gasteiger charge is -2.14. The maximum absolute atomic E-state index is 13.4. The van der Waals surface area contributed by atoms with Gasteiger partial charge in [0.05, 0.1) is 49.9 Å². The number of hydrogen-bond acceptors (Lipinski definition) is 12. The zero-order valence-electron chi connectivity index (χ0n) is 38.7. The Morgan fingerprint density at radius 3 is 1.62 bits per heavy atom. The van der Waals surface area contributed by atoms with Crippen LogP contribution >= 0.6 is 23.4 Å². The summed E-state index contributed by atoms with van der Waals surface area (Å²) in [5.41, 5.74) is 6.54. The summed E-state index contributed by atoms with van der Waals surface area (Å²) in [7, 11) is 3.25. The maximum Gasteiger partial charge on any atom is 0.222 e. The lowest BCUT2D eigenvalue weighted by Crippen LogP contribution is -2.27. The van der Waals surface area contributed by atoms with Gasteiger partial charge >= 0.3 is 0 Å². The van der Waals surface area contributed by atoms with Gasteiger partial charge in [0, 0.05) is 64.0 Å². The number of ether oxygens (including phenoxy) is 2. The van der Waals surface area contributed by atoms with Gasteiger partial charge in [-0.2, -0.15) is 0 Å². The Kier molecular flexibility index (Phi) is 15.3. The number of thioether (sulfide) groups is 1.